The average Bonchev–Trinajstić information content (AvgIpc) is 2.81. The molecule has 0 radical (unpaired) electrons. The molecule has 1 aromatic heterocycles. The number of aromatic nitrogens is 2. The highest BCUT2D eigenvalue weighted by molar-refractivity contribution is 5.45. The van der Waals surface area contributed by atoms with Crippen molar-refractivity contribution in [1.29, 1.82) is 0 Å². The third kappa shape index (κ3) is 2.87. The van der Waals surface area contributed by atoms with Crippen molar-refractivity contribution in [2.75, 3.05) is 5.32 Å². The van der Waals surface area contributed by atoms with E-state index in [1.807, 2.05) is 0 Å². The normalized spacial score (nSPS) is 16.3. The average molecular weight is 269 g/mol. The SMILES string of the molecule is Cc1cccc(-n2cc(C)nc2NC2CCCCC2)c1. The zero-order chi connectivity index (χ0) is 13.9. The summed E-state index contributed by atoms with van der Waals surface area (Å²) in [6.45, 7) is 4.18. The molecule has 0 atom stereocenters. The lowest BCUT2D eigenvalue weighted by Crippen LogP contribution is -2.24. The Balaban J connectivity index is 1.87. The summed E-state index contributed by atoms with van der Waals surface area (Å²) in [7, 11) is 0. The Bertz CT molecular complexity index is 580. The summed E-state index contributed by atoms with van der Waals surface area (Å²) in [4.78, 5) is 4.66. The molecule has 3 rings (SSSR count). The number of hydrogen-bond acceptors (Lipinski definition) is 2. The molecule has 3 heteroatoms. The van der Waals surface area contributed by atoms with Gasteiger partial charge in [0.25, 0.3) is 0 Å². The van der Waals surface area contributed by atoms with Crippen molar-refractivity contribution in [2.24, 2.45) is 0 Å². The van der Waals surface area contributed by atoms with Gasteiger partial charge < -0.3 is 5.32 Å². The fourth-order valence-corrected chi connectivity index (χ4v) is 3.00. The molecule has 0 spiro atoms. The van der Waals surface area contributed by atoms with Gasteiger partial charge in [0.15, 0.2) is 0 Å². The van der Waals surface area contributed by atoms with Crippen molar-refractivity contribution >= 4 is 5.95 Å². The number of imidazole rings is 1. The Labute approximate surface area is 121 Å². The van der Waals surface area contributed by atoms with Crippen molar-refractivity contribution in [3.8, 4) is 5.69 Å². The van der Waals surface area contributed by atoms with Crippen LogP contribution in [0.25, 0.3) is 5.69 Å². The van der Waals surface area contributed by atoms with Crippen LogP contribution in [0.1, 0.15) is 43.4 Å². The smallest absolute Gasteiger partial charge is 0.207 e. The third-order valence-electron chi connectivity index (χ3n) is 4.04. The monoisotopic (exact) mass is 269 g/mol. The van der Waals surface area contributed by atoms with Crippen LogP contribution < -0.4 is 5.32 Å². The van der Waals surface area contributed by atoms with Crippen LogP contribution in [-0.4, -0.2) is 15.6 Å². The maximum absolute atomic E-state index is 4.66. The summed E-state index contributed by atoms with van der Waals surface area (Å²) < 4.78 is 2.18. The van der Waals surface area contributed by atoms with E-state index >= 15 is 0 Å². The van der Waals surface area contributed by atoms with Gasteiger partial charge in [-0.25, -0.2) is 4.98 Å². The van der Waals surface area contributed by atoms with Gasteiger partial charge >= 0.3 is 0 Å². The maximum atomic E-state index is 4.66. The third-order valence-corrected chi connectivity index (χ3v) is 4.04. The molecule has 0 aliphatic heterocycles. The zero-order valence-electron chi connectivity index (χ0n) is 12.4. The van der Waals surface area contributed by atoms with E-state index in [1.165, 1.54) is 43.4 Å². The van der Waals surface area contributed by atoms with E-state index in [-0.39, 0.29) is 0 Å². The molecular weight excluding hydrogens is 246 g/mol. The number of nitrogens with zero attached hydrogens (tertiary/aromatic N) is 2. The van der Waals surface area contributed by atoms with E-state index in [9.17, 15) is 0 Å². The summed E-state index contributed by atoms with van der Waals surface area (Å²) in [5, 5.41) is 3.64. The Morgan fingerprint density at radius 1 is 1.15 bits per heavy atom. The van der Waals surface area contributed by atoms with Gasteiger partial charge in [-0.2, -0.15) is 0 Å². The number of anilines is 1. The van der Waals surface area contributed by atoms with E-state index in [2.05, 4.69) is 59.2 Å². The molecule has 0 bridgehead atoms. The van der Waals surface area contributed by atoms with E-state index in [4.69, 9.17) is 0 Å². The topological polar surface area (TPSA) is 29.9 Å². The first kappa shape index (κ1) is 13.2. The molecule has 1 heterocycles. The first-order valence-electron chi connectivity index (χ1n) is 7.62. The van der Waals surface area contributed by atoms with Gasteiger partial charge in [0.1, 0.15) is 0 Å². The Hall–Kier alpha value is -1.77. The van der Waals surface area contributed by atoms with E-state index in [0.717, 1.165) is 11.6 Å². The van der Waals surface area contributed by atoms with Crippen LogP contribution in [0.4, 0.5) is 5.95 Å². The lowest BCUT2D eigenvalue weighted by molar-refractivity contribution is 0.460. The van der Waals surface area contributed by atoms with Crippen LogP contribution in [-0.2, 0) is 0 Å². The molecule has 1 fully saturated rings. The lowest BCUT2D eigenvalue weighted by atomic mass is 9.96. The van der Waals surface area contributed by atoms with Gasteiger partial charge in [0.05, 0.1) is 5.69 Å². The molecule has 1 aromatic carbocycles. The molecule has 0 unspecified atom stereocenters. The lowest BCUT2D eigenvalue weighted by Gasteiger charge is -2.23. The Morgan fingerprint density at radius 2 is 1.95 bits per heavy atom. The highest BCUT2D eigenvalue weighted by atomic mass is 15.2. The minimum absolute atomic E-state index is 0.578. The highest BCUT2D eigenvalue weighted by Crippen LogP contribution is 2.23. The van der Waals surface area contributed by atoms with Crippen LogP contribution in [0.3, 0.4) is 0 Å². The van der Waals surface area contributed by atoms with E-state index in [0.29, 0.717) is 6.04 Å². The Kier molecular flexibility index (Phi) is 3.77. The summed E-state index contributed by atoms with van der Waals surface area (Å²) in [5.74, 6) is 0.986. The molecule has 0 saturated heterocycles. The van der Waals surface area contributed by atoms with E-state index in [1.54, 1.807) is 0 Å². The fraction of sp³-hybridized carbons (Fsp3) is 0.471. The summed E-state index contributed by atoms with van der Waals surface area (Å²) >= 11 is 0. The van der Waals surface area contributed by atoms with Gasteiger partial charge in [-0.1, -0.05) is 31.4 Å². The zero-order valence-corrected chi connectivity index (χ0v) is 12.4. The molecule has 1 aliphatic carbocycles. The van der Waals surface area contributed by atoms with Crippen molar-refractivity contribution in [3.05, 3.63) is 41.7 Å². The predicted octanol–water partition coefficient (Wildman–Crippen LogP) is 4.23. The second-order valence-electron chi connectivity index (χ2n) is 5.89. The molecule has 1 saturated carbocycles. The molecule has 0 amide bonds. The summed E-state index contributed by atoms with van der Waals surface area (Å²) in [6.07, 6.45) is 8.69. The fourth-order valence-electron chi connectivity index (χ4n) is 3.00. The minimum atomic E-state index is 0.578. The van der Waals surface area contributed by atoms with Crippen LogP contribution in [0, 0.1) is 13.8 Å². The molecule has 3 nitrogen and oxygen atoms in total. The van der Waals surface area contributed by atoms with Crippen LogP contribution >= 0.6 is 0 Å². The van der Waals surface area contributed by atoms with Crippen molar-refractivity contribution < 1.29 is 0 Å². The molecule has 1 N–H and O–H groups in total. The van der Waals surface area contributed by atoms with Crippen molar-refractivity contribution in [2.45, 2.75) is 52.0 Å². The first-order chi connectivity index (χ1) is 9.72. The van der Waals surface area contributed by atoms with Crippen molar-refractivity contribution in [1.82, 2.24) is 9.55 Å². The quantitative estimate of drug-likeness (QED) is 0.903. The summed E-state index contributed by atoms with van der Waals surface area (Å²) in [6, 6.07) is 9.15. The standard InChI is InChI=1S/C17H23N3/c1-13-7-6-10-16(11-13)20-12-14(2)18-17(20)19-15-8-4-3-5-9-15/h6-7,10-12,15H,3-5,8-9H2,1-2H3,(H,18,19). The van der Waals surface area contributed by atoms with Gasteiger partial charge in [0.2, 0.25) is 5.95 Å². The van der Waals surface area contributed by atoms with Crippen LogP contribution in [0.15, 0.2) is 30.5 Å². The molecule has 2 aromatic rings. The summed E-state index contributed by atoms with van der Waals surface area (Å²) in [5.41, 5.74) is 3.52. The number of nitrogens with one attached hydrogen (secondary N) is 1. The largest absolute Gasteiger partial charge is 0.353 e. The minimum Gasteiger partial charge on any atom is -0.353 e. The number of aryl methyl sites for hydroxylation is 2. The molecular formula is C17H23N3. The van der Waals surface area contributed by atoms with Crippen molar-refractivity contribution in [3.63, 3.8) is 0 Å². The Morgan fingerprint density at radius 3 is 2.70 bits per heavy atom. The van der Waals surface area contributed by atoms with Gasteiger partial charge in [0, 0.05) is 17.9 Å². The number of hydrogen-bond donors (Lipinski definition) is 1. The maximum Gasteiger partial charge on any atom is 0.207 e. The first-order valence-corrected chi connectivity index (χ1v) is 7.62. The van der Waals surface area contributed by atoms with Crippen LogP contribution in [0.5, 0.6) is 0 Å². The molecule has 20 heavy (non-hydrogen) atoms. The second-order valence-corrected chi connectivity index (χ2v) is 5.89. The van der Waals surface area contributed by atoms with Gasteiger partial charge in [-0.3, -0.25) is 4.57 Å². The van der Waals surface area contributed by atoms with Gasteiger partial charge in [-0.15, -0.1) is 0 Å². The van der Waals surface area contributed by atoms with E-state index < -0.39 is 0 Å². The highest BCUT2D eigenvalue weighted by Gasteiger charge is 2.16. The molecule has 106 valence electrons. The predicted molar refractivity (Wildman–Crippen MR) is 83.5 cm³/mol. The molecule has 1 aliphatic rings. The van der Waals surface area contributed by atoms with Crippen LogP contribution in [0.2, 0.25) is 0 Å². The number of rotatable bonds is 3. The van der Waals surface area contributed by atoms with Gasteiger partial charge in [-0.05, 0) is 44.4 Å². The number of benzene rings is 1. The second kappa shape index (κ2) is 5.70.